The molecule has 2 saturated heterocycles. The summed E-state index contributed by atoms with van der Waals surface area (Å²) in [6.45, 7) is 2.62. The summed E-state index contributed by atoms with van der Waals surface area (Å²) in [5.74, 6) is -0.856. The highest BCUT2D eigenvalue weighted by atomic mass is 16.6. The number of esters is 2. The quantitative estimate of drug-likeness (QED) is 0.440. The van der Waals surface area contributed by atoms with Gasteiger partial charge in [0.2, 0.25) is 0 Å². The molecule has 2 rings (SSSR count). The van der Waals surface area contributed by atoms with Gasteiger partial charge in [0.1, 0.15) is 0 Å². The zero-order valence-corrected chi connectivity index (χ0v) is 7.49. The second-order valence-electron chi connectivity index (χ2n) is 3.63. The molecule has 0 saturated carbocycles. The van der Waals surface area contributed by atoms with E-state index < -0.39 is 5.97 Å². The van der Waals surface area contributed by atoms with Crippen molar-refractivity contribution in [1.29, 1.82) is 0 Å². The van der Waals surface area contributed by atoms with Crippen molar-refractivity contribution in [2.75, 3.05) is 6.61 Å². The molecule has 2 aliphatic heterocycles. The van der Waals surface area contributed by atoms with Crippen LogP contribution in [0.3, 0.4) is 0 Å². The molecule has 3 unspecified atom stereocenters. The highest BCUT2D eigenvalue weighted by Gasteiger charge is 2.43. The minimum atomic E-state index is -0.394. The third-order valence-electron chi connectivity index (χ3n) is 2.86. The lowest BCUT2D eigenvalue weighted by Gasteiger charge is -2.16. The van der Waals surface area contributed by atoms with E-state index in [4.69, 9.17) is 4.74 Å². The van der Waals surface area contributed by atoms with Gasteiger partial charge in [-0.25, -0.2) is 0 Å². The van der Waals surface area contributed by atoms with Gasteiger partial charge in [-0.05, 0) is 13.3 Å². The molecule has 4 heteroatoms. The first-order valence-electron chi connectivity index (χ1n) is 4.54. The SMILES string of the molecule is CC1OCCC1C1CC(=O)OC1=O. The van der Waals surface area contributed by atoms with E-state index in [1.807, 2.05) is 6.92 Å². The van der Waals surface area contributed by atoms with Crippen LogP contribution in [0.2, 0.25) is 0 Å². The summed E-state index contributed by atoms with van der Waals surface area (Å²) in [6.07, 6.45) is 1.16. The zero-order chi connectivity index (χ0) is 9.42. The van der Waals surface area contributed by atoms with Crippen LogP contribution in [-0.4, -0.2) is 24.6 Å². The maximum Gasteiger partial charge on any atom is 0.317 e. The number of hydrogen-bond donors (Lipinski definition) is 0. The van der Waals surface area contributed by atoms with E-state index in [9.17, 15) is 9.59 Å². The summed E-state index contributed by atoms with van der Waals surface area (Å²) in [4.78, 5) is 22.1. The van der Waals surface area contributed by atoms with E-state index >= 15 is 0 Å². The molecule has 2 heterocycles. The largest absolute Gasteiger partial charge is 0.393 e. The normalized spacial score (nSPS) is 39.6. The lowest BCUT2D eigenvalue weighted by atomic mass is 9.86. The molecule has 0 radical (unpaired) electrons. The fraction of sp³-hybridized carbons (Fsp3) is 0.778. The third-order valence-corrected chi connectivity index (χ3v) is 2.86. The Morgan fingerprint density at radius 2 is 2.15 bits per heavy atom. The monoisotopic (exact) mass is 184 g/mol. The minimum Gasteiger partial charge on any atom is -0.393 e. The Labute approximate surface area is 76.2 Å². The molecule has 0 amide bonds. The van der Waals surface area contributed by atoms with Crippen LogP contribution in [-0.2, 0) is 19.1 Å². The molecule has 0 N–H and O–H groups in total. The minimum absolute atomic E-state index is 0.0726. The van der Waals surface area contributed by atoms with Crippen LogP contribution in [0, 0.1) is 11.8 Å². The van der Waals surface area contributed by atoms with Gasteiger partial charge in [-0.3, -0.25) is 9.59 Å². The Morgan fingerprint density at radius 1 is 1.38 bits per heavy atom. The molecule has 2 fully saturated rings. The van der Waals surface area contributed by atoms with Gasteiger partial charge in [-0.2, -0.15) is 0 Å². The molecule has 72 valence electrons. The van der Waals surface area contributed by atoms with Crippen molar-refractivity contribution in [3.8, 4) is 0 Å². The van der Waals surface area contributed by atoms with Crippen LogP contribution in [0.15, 0.2) is 0 Å². The van der Waals surface area contributed by atoms with Crippen LogP contribution >= 0.6 is 0 Å². The first kappa shape index (κ1) is 8.69. The summed E-state index contributed by atoms with van der Waals surface area (Å²) >= 11 is 0. The number of carbonyl (C=O) groups is 2. The predicted octanol–water partition coefficient (Wildman–Crippen LogP) is 0.501. The number of ether oxygens (including phenoxy) is 2. The average Bonchev–Trinajstić information content (AvgIpc) is 2.58. The number of cyclic esters (lactones) is 2. The van der Waals surface area contributed by atoms with Crippen LogP contribution in [0.4, 0.5) is 0 Å². The lowest BCUT2D eigenvalue weighted by Crippen LogP contribution is -2.24. The standard InChI is InChI=1S/C9H12O4/c1-5-6(2-3-12-5)7-4-8(10)13-9(7)11/h5-7H,2-4H2,1H3. The van der Waals surface area contributed by atoms with Crippen molar-refractivity contribution in [2.45, 2.75) is 25.9 Å². The van der Waals surface area contributed by atoms with Crippen molar-refractivity contribution < 1.29 is 19.1 Å². The maximum atomic E-state index is 11.2. The molecular formula is C9H12O4. The van der Waals surface area contributed by atoms with E-state index in [0.29, 0.717) is 6.61 Å². The smallest absolute Gasteiger partial charge is 0.317 e. The second kappa shape index (κ2) is 3.10. The molecule has 0 aromatic carbocycles. The van der Waals surface area contributed by atoms with Gasteiger partial charge >= 0.3 is 11.9 Å². The topological polar surface area (TPSA) is 52.6 Å². The highest BCUT2D eigenvalue weighted by Crippen LogP contribution is 2.34. The number of hydrogen-bond acceptors (Lipinski definition) is 4. The van der Waals surface area contributed by atoms with E-state index in [1.54, 1.807) is 0 Å². The van der Waals surface area contributed by atoms with Crippen molar-refractivity contribution >= 4 is 11.9 Å². The molecule has 13 heavy (non-hydrogen) atoms. The van der Waals surface area contributed by atoms with Gasteiger partial charge < -0.3 is 9.47 Å². The van der Waals surface area contributed by atoms with Crippen LogP contribution in [0.5, 0.6) is 0 Å². The van der Waals surface area contributed by atoms with E-state index in [1.165, 1.54) is 0 Å². The van der Waals surface area contributed by atoms with Crippen molar-refractivity contribution in [3.05, 3.63) is 0 Å². The summed E-state index contributed by atoms with van der Waals surface area (Å²) in [5, 5.41) is 0. The van der Waals surface area contributed by atoms with Crippen LogP contribution < -0.4 is 0 Å². The average molecular weight is 184 g/mol. The number of rotatable bonds is 1. The fourth-order valence-corrected chi connectivity index (χ4v) is 2.10. The summed E-state index contributed by atoms with van der Waals surface area (Å²) in [5.41, 5.74) is 0. The van der Waals surface area contributed by atoms with Gasteiger partial charge in [-0.15, -0.1) is 0 Å². The van der Waals surface area contributed by atoms with Gasteiger partial charge in [0, 0.05) is 12.5 Å². The van der Waals surface area contributed by atoms with Crippen LogP contribution in [0.25, 0.3) is 0 Å². The molecule has 3 atom stereocenters. The van der Waals surface area contributed by atoms with E-state index in [0.717, 1.165) is 6.42 Å². The van der Waals surface area contributed by atoms with Crippen molar-refractivity contribution in [2.24, 2.45) is 11.8 Å². The van der Waals surface area contributed by atoms with Gasteiger partial charge in [0.25, 0.3) is 0 Å². The molecule has 2 aliphatic rings. The molecule has 0 aromatic heterocycles. The first-order chi connectivity index (χ1) is 6.18. The second-order valence-corrected chi connectivity index (χ2v) is 3.63. The van der Waals surface area contributed by atoms with Crippen molar-refractivity contribution in [3.63, 3.8) is 0 Å². The Hall–Kier alpha value is -0.900. The van der Waals surface area contributed by atoms with E-state index in [-0.39, 0.29) is 30.3 Å². The van der Waals surface area contributed by atoms with Crippen molar-refractivity contribution in [1.82, 2.24) is 0 Å². The predicted molar refractivity (Wildman–Crippen MR) is 42.7 cm³/mol. The number of carbonyl (C=O) groups excluding carboxylic acids is 2. The molecule has 4 nitrogen and oxygen atoms in total. The van der Waals surface area contributed by atoms with Crippen LogP contribution in [0.1, 0.15) is 19.8 Å². The Balaban J connectivity index is 2.08. The van der Waals surface area contributed by atoms with Gasteiger partial charge in [0.05, 0.1) is 18.4 Å². The summed E-state index contributed by atoms with van der Waals surface area (Å²) < 4.78 is 9.84. The molecule has 0 aromatic rings. The van der Waals surface area contributed by atoms with Gasteiger partial charge in [-0.1, -0.05) is 0 Å². The molecule has 0 spiro atoms. The molecule has 0 aliphatic carbocycles. The van der Waals surface area contributed by atoms with E-state index in [2.05, 4.69) is 4.74 Å². The zero-order valence-electron chi connectivity index (χ0n) is 7.49. The lowest BCUT2D eigenvalue weighted by molar-refractivity contribution is -0.153. The summed E-state index contributed by atoms with van der Waals surface area (Å²) in [7, 11) is 0. The Morgan fingerprint density at radius 3 is 2.62 bits per heavy atom. The molecule has 0 bridgehead atoms. The summed E-state index contributed by atoms with van der Waals surface area (Å²) in [6, 6.07) is 0. The first-order valence-corrected chi connectivity index (χ1v) is 4.54. The third kappa shape index (κ3) is 1.46. The van der Waals surface area contributed by atoms with Gasteiger partial charge in [0.15, 0.2) is 0 Å². The highest BCUT2D eigenvalue weighted by molar-refractivity contribution is 5.94. The Bertz CT molecular complexity index is 248. The Kier molecular flexibility index (Phi) is 2.07. The molecular weight excluding hydrogens is 172 g/mol. The fourth-order valence-electron chi connectivity index (χ4n) is 2.10. The maximum absolute atomic E-state index is 11.2.